The number of hydrogen-bond donors (Lipinski definition) is 1. The molecule has 1 amide bonds. The van der Waals surface area contributed by atoms with Gasteiger partial charge in [-0.15, -0.1) is 0 Å². The van der Waals surface area contributed by atoms with Gasteiger partial charge in [0.15, 0.2) is 0 Å². The van der Waals surface area contributed by atoms with Gasteiger partial charge in [-0.1, -0.05) is 34.9 Å². The third-order valence-corrected chi connectivity index (χ3v) is 4.92. The number of nitrogens with zero attached hydrogens (tertiary/aromatic N) is 1. The number of rotatable bonds is 11. The summed E-state index contributed by atoms with van der Waals surface area (Å²) in [5.41, 5.74) is 4.95. The third kappa shape index (κ3) is 11.3. The van der Waals surface area contributed by atoms with Crippen LogP contribution in [0.3, 0.4) is 0 Å². The highest BCUT2D eigenvalue weighted by Crippen LogP contribution is 2.14. The number of morpholine rings is 1. The quantitative estimate of drug-likeness (QED) is 0.401. The van der Waals surface area contributed by atoms with E-state index in [-0.39, 0.29) is 12.5 Å². The largest absolute Gasteiger partial charge is 0.392 e. The SMILES string of the molecule is CC(C)=CCCC(C)=CCCC(=CCCC(C)=CC(=O)N1CCOCC1)CO. The summed E-state index contributed by atoms with van der Waals surface area (Å²) in [5, 5.41) is 9.59. The van der Waals surface area contributed by atoms with Crippen molar-refractivity contribution in [1.82, 2.24) is 4.90 Å². The highest BCUT2D eigenvalue weighted by molar-refractivity contribution is 5.88. The summed E-state index contributed by atoms with van der Waals surface area (Å²) in [7, 11) is 0. The average molecular weight is 390 g/mol. The molecule has 28 heavy (non-hydrogen) atoms. The van der Waals surface area contributed by atoms with Crippen molar-refractivity contribution >= 4 is 5.91 Å². The van der Waals surface area contributed by atoms with E-state index in [0.29, 0.717) is 26.3 Å². The molecule has 1 aliphatic rings. The van der Waals surface area contributed by atoms with Crippen molar-refractivity contribution in [2.75, 3.05) is 32.9 Å². The van der Waals surface area contributed by atoms with Gasteiger partial charge in [0, 0.05) is 19.2 Å². The van der Waals surface area contributed by atoms with Gasteiger partial charge >= 0.3 is 0 Å². The Kier molecular flexibility index (Phi) is 12.5. The van der Waals surface area contributed by atoms with E-state index in [1.54, 1.807) is 6.08 Å². The Bertz CT molecular complexity index is 589. The van der Waals surface area contributed by atoms with Crippen LogP contribution in [0.25, 0.3) is 0 Å². The van der Waals surface area contributed by atoms with Crippen LogP contribution in [0.1, 0.15) is 66.2 Å². The monoisotopic (exact) mass is 389 g/mol. The normalized spacial score (nSPS) is 16.3. The summed E-state index contributed by atoms with van der Waals surface area (Å²) in [6.07, 6.45) is 14.2. The zero-order valence-corrected chi connectivity index (χ0v) is 18.3. The van der Waals surface area contributed by atoms with Crippen molar-refractivity contribution in [3.63, 3.8) is 0 Å². The van der Waals surface area contributed by atoms with Crippen molar-refractivity contribution in [2.24, 2.45) is 0 Å². The zero-order chi connectivity index (χ0) is 20.8. The van der Waals surface area contributed by atoms with Gasteiger partial charge in [0.25, 0.3) is 0 Å². The fourth-order valence-electron chi connectivity index (χ4n) is 3.10. The van der Waals surface area contributed by atoms with Gasteiger partial charge in [0.05, 0.1) is 19.8 Å². The van der Waals surface area contributed by atoms with E-state index in [4.69, 9.17) is 4.74 Å². The molecule has 1 aliphatic heterocycles. The second-order valence-corrected chi connectivity index (χ2v) is 7.90. The molecule has 0 aromatic heterocycles. The lowest BCUT2D eigenvalue weighted by molar-refractivity contribution is -0.130. The lowest BCUT2D eigenvalue weighted by Crippen LogP contribution is -2.39. The number of carbonyl (C=O) groups is 1. The molecule has 1 saturated heterocycles. The van der Waals surface area contributed by atoms with E-state index < -0.39 is 0 Å². The molecule has 4 heteroatoms. The lowest BCUT2D eigenvalue weighted by atomic mass is 10.0. The number of carbonyl (C=O) groups excluding carboxylic acids is 1. The van der Waals surface area contributed by atoms with Gasteiger partial charge in [-0.25, -0.2) is 0 Å². The molecular weight excluding hydrogens is 350 g/mol. The van der Waals surface area contributed by atoms with Gasteiger partial charge in [-0.3, -0.25) is 4.79 Å². The summed E-state index contributed by atoms with van der Waals surface area (Å²) < 4.78 is 5.28. The van der Waals surface area contributed by atoms with E-state index in [9.17, 15) is 9.90 Å². The molecule has 0 aliphatic carbocycles. The van der Waals surface area contributed by atoms with Crippen molar-refractivity contribution in [2.45, 2.75) is 66.2 Å². The molecule has 1 fully saturated rings. The number of aliphatic hydroxyl groups is 1. The first-order valence-corrected chi connectivity index (χ1v) is 10.5. The second kappa shape index (κ2) is 14.4. The maximum atomic E-state index is 12.2. The summed E-state index contributed by atoms with van der Waals surface area (Å²) >= 11 is 0. The first-order chi connectivity index (χ1) is 13.4. The Balaban J connectivity index is 2.36. The van der Waals surface area contributed by atoms with Gasteiger partial charge in [0.1, 0.15) is 0 Å². The van der Waals surface area contributed by atoms with Gasteiger partial charge < -0.3 is 14.7 Å². The Morgan fingerprint density at radius 3 is 2.14 bits per heavy atom. The van der Waals surface area contributed by atoms with E-state index in [1.165, 1.54) is 11.1 Å². The number of amides is 1. The van der Waals surface area contributed by atoms with Crippen molar-refractivity contribution in [3.8, 4) is 0 Å². The van der Waals surface area contributed by atoms with Gasteiger partial charge in [-0.2, -0.15) is 0 Å². The summed E-state index contributed by atoms with van der Waals surface area (Å²) in [4.78, 5) is 14.0. The van der Waals surface area contributed by atoms with Crippen molar-refractivity contribution in [1.29, 1.82) is 0 Å². The number of hydrogen-bond acceptors (Lipinski definition) is 3. The van der Waals surface area contributed by atoms with Crippen LogP contribution in [0, 0.1) is 0 Å². The second-order valence-electron chi connectivity index (χ2n) is 7.90. The standard InChI is InChI=1S/C24H39NO3/c1-20(2)8-5-9-21(3)10-6-12-23(19-26)13-7-11-22(4)18-24(27)25-14-16-28-17-15-25/h8,10,13,18,26H,5-7,9,11-12,14-17,19H2,1-4H3. The minimum absolute atomic E-state index is 0.0842. The van der Waals surface area contributed by atoms with Crippen molar-refractivity contribution in [3.05, 3.63) is 46.6 Å². The minimum Gasteiger partial charge on any atom is -0.392 e. The third-order valence-electron chi connectivity index (χ3n) is 4.92. The maximum absolute atomic E-state index is 12.2. The number of aliphatic hydroxyl groups excluding tert-OH is 1. The Labute approximate surface area is 171 Å². The van der Waals surface area contributed by atoms with E-state index in [1.807, 2.05) is 11.8 Å². The van der Waals surface area contributed by atoms with Crippen LogP contribution in [0.15, 0.2) is 46.6 Å². The molecule has 158 valence electrons. The molecule has 0 saturated carbocycles. The van der Waals surface area contributed by atoms with Crippen LogP contribution in [-0.4, -0.2) is 48.8 Å². The Morgan fingerprint density at radius 2 is 1.50 bits per heavy atom. The number of allylic oxidation sites excluding steroid dienone is 6. The Hall–Kier alpha value is -1.65. The highest BCUT2D eigenvalue weighted by Gasteiger charge is 2.14. The fraction of sp³-hybridized carbons (Fsp3) is 0.625. The molecule has 0 aromatic carbocycles. The molecule has 1 N–H and O–H groups in total. The summed E-state index contributed by atoms with van der Waals surface area (Å²) in [6.45, 7) is 11.2. The van der Waals surface area contributed by atoms with E-state index >= 15 is 0 Å². The predicted octanol–water partition coefficient (Wildman–Crippen LogP) is 4.96. The molecule has 0 radical (unpaired) electrons. The van der Waals surface area contributed by atoms with E-state index in [0.717, 1.165) is 49.7 Å². The van der Waals surface area contributed by atoms with E-state index in [2.05, 4.69) is 39.0 Å². The van der Waals surface area contributed by atoms with Crippen LogP contribution in [-0.2, 0) is 9.53 Å². The molecule has 0 bridgehead atoms. The molecule has 0 spiro atoms. The molecular formula is C24H39NO3. The van der Waals surface area contributed by atoms with Crippen LogP contribution >= 0.6 is 0 Å². The summed E-state index contributed by atoms with van der Waals surface area (Å²) in [5.74, 6) is 0.0842. The molecule has 0 atom stereocenters. The lowest BCUT2D eigenvalue weighted by Gasteiger charge is -2.25. The average Bonchev–Trinajstić information content (AvgIpc) is 2.67. The van der Waals surface area contributed by atoms with Crippen LogP contribution in [0.5, 0.6) is 0 Å². The van der Waals surface area contributed by atoms with Crippen LogP contribution < -0.4 is 0 Å². The van der Waals surface area contributed by atoms with Crippen molar-refractivity contribution < 1.29 is 14.6 Å². The molecule has 1 heterocycles. The molecule has 0 unspecified atom stereocenters. The number of ether oxygens (including phenoxy) is 1. The minimum atomic E-state index is 0.0842. The topological polar surface area (TPSA) is 49.8 Å². The smallest absolute Gasteiger partial charge is 0.246 e. The molecule has 0 aromatic rings. The first kappa shape index (κ1) is 24.4. The first-order valence-electron chi connectivity index (χ1n) is 10.5. The van der Waals surface area contributed by atoms with Gasteiger partial charge in [-0.05, 0) is 71.8 Å². The fourth-order valence-corrected chi connectivity index (χ4v) is 3.10. The maximum Gasteiger partial charge on any atom is 0.246 e. The Morgan fingerprint density at radius 1 is 0.893 bits per heavy atom. The molecule has 4 nitrogen and oxygen atoms in total. The summed E-state index contributed by atoms with van der Waals surface area (Å²) in [6, 6.07) is 0. The highest BCUT2D eigenvalue weighted by atomic mass is 16.5. The predicted molar refractivity (Wildman–Crippen MR) is 117 cm³/mol. The molecule has 1 rings (SSSR count). The van der Waals surface area contributed by atoms with Crippen LogP contribution in [0.2, 0.25) is 0 Å². The van der Waals surface area contributed by atoms with Gasteiger partial charge in [0.2, 0.25) is 5.91 Å². The van der Waals surface area contributed by atoms with Crippen LogP contribution in [0.4, 0.5) is 0 Å². The zero-order valence-electron chi connectivity index (χ0n) is 18.3.